The highest BCUT2D eigenvalue weighted by Crippen LogP contribution is 2.32. The minimum absolute atomic E-state index is 0.0110. The van der Waals surface area contributed by atoms with E-state index in [1.54, 1.807) is 44.4 Å². The van der Waals surface area contributed by atoms with E-state index in [2.05, 4.69) is 0 Å². The Morgan fingerprint density at radius 1 is 1.27 bits per heavy atom. The van der Waals surface area contributed by atoms with Crippen LogP contribution in [0.4, 0.5) is 0 Å². The number of carbonyl (C=O) groups is 1. The summed E-state index contributed by atoms with van der Waals surface area (Å²) in [4.78, 5) is 13.1. The van der Waals surface area contributed by atoms with E-state index >= 15 is 0 Å². The maximum Gasteiger partial charge on any atom is 0.264 e. The van der Waals surface area contributed by atoms with Crippen molar-refractivity contribution in [2.75, 3.05) is 14.1 Å². The standard InChI is InChI=1S/C16H12Cl2N2O2/c1-20(2)16(21)10(9-19)7-12-4-6-15(22-12)13-8-11(17)3-5-14(13)18/h3-8H,1-2H3/b10-7-. The van der Waals surface area contributed by atoms with Crippen molar-refractivity contribution < 1.29 is 9.21 Å². The number of carbonyl (C=O) groups excluding carboxylic acids is 1. The molecule has 2 rings (SSSR count). The highest BCUT2D eigenvalue weighted by molar-refractivity contribution is 6.35. The molecule has 0 N–H and O–H groups in total. The molecule has 0 fully saturated rings. The molecule has 1 amide bonds. The number of nitriles is 1. The molecule has 0 aliphatic heterocycles. The second-order valence-corrected chi connectivity index (χ2v) is 5.54. The first kappa shape index (κ1) is 16.2. The van der Waals surface area contributed by atoms with E-state index in [-0.39, 0.29) is 11.5 Å². The maximum atomic E-state index is 11.8. The molecule has 22 heavy (non-hydrogen) atoms. The number of nitrogens with zero attached hydrogens (tertiary/aromatic N) is 2. The summed E-state index contributed by atoms with van der Waals surface area (Å²) >= 11 is 12.1. The Balaban J connectivity index is 2.38. The van der Waals surface area contributed by atoms with Crippen molar-refractivity contribution in [1.82, 2.24) is 4.90 Å². The summed E-state index contributed by atoms with van der Waals surface area (Å²) in [6.07, 6.45) is 1.39. The monoisotopic (exact) mass is 334 g/mol. The molecule has 0 bridgehead atoms. The van der Waals surface area contributed by atoms with Crippen LogP contribution < -0.4 is 0 Å². The molecule has 2 aromatic rings. The Bertz CT molecular complexity index is 786. The molecule has 0 unspecified atom stereocenters. The smallest absolute Gasteiger partial charge is 0.264 e. The molecule has 0 atom stereocenters. The van der Waals surface area contributed by atoms with Crippen LogP contribution in [0.5, 0.6) is 0 Å². The molecule has 1 aromatic carbocycles. The summed E-state index contributed by atoms with van der Waals surface area (Å²) in [7, 11) is 3.15. The van der Waals surface area contributed by atoms with Gasteiger partial charge in [0.05, 0.1) is 5.02 Å². The fourth-order valence-corrected chi connectivity index (χ4v) is 2.17. The molecule has 0 saturated carbocycles. The fourth-order valence-electron chi connectivity index (χ4n) is 1.79. The van der Waals surface area contributed by atoms with Crippen molar-refractivity contribution in [3.63, 3.8) is 0 Å². The number of hydrogen-bond donors (Lipinski definition) is 0. The number of amides is 1. The van der Waals surface area contributed by atoms with Crippen molar-refractivity contribution in [3.8, 4) is 17.4 Å². The van der Waals surface area contributed by atoms with E-state index < -0.39 is 0 Å². The van der Waals surface area contributed by atoms with Crippen LogP contribution >= 0.6 is 23.2 Å². The Hall–Kier alpha value is -2.22. The van der Waals surface area contributed by atoms with Gasteiger partial charge in [-0.1, -0.05) is 23.2 Å². The molecule has 1 aromatic heterocycles. The third-order valence-electron chi connectivity index (χ3n) is 2.86. The summed E-state index contributed by atoms with van der Waals surface area (Å²) < 4.78 is 5.63. The zero-order valence-electron chi connectivity index (χ0n) is 11.9. The first-order valence-electron chi connectivity index (χ1n) is 6.31. The van der Waals surface area contributed by atoms with Crippen LogP contribution in [0, 0.1) is 11.3 Å². The van der Waals surface area contributed by atoms with Crippen molar-refractivity contribution in [3.05, 3.63) is 51.7 Å². The Morgan fingerprint density at radius 3 is 2.64 bits per heavy atom. The lowest BCUT2D eigenvalue weighted by Crippen LogP contribution is -2.22. The molecular formula is C16H12Cl2N2O2. The number of halogens is 2. The molecule has 0 aliphatic rings. The molecule has 6 heteroatoms. The number of benzene rings is 1. The van der Waals surface area contributed by atoms with Crippen LogP contribution in [0.2, 0.25) is 10.0 Å². The van der Waals surface area contributed by atoms with E-state index in [9.17, 15) is 4.79 Å². The SMILES string of the molecule is CN(C)C(=O)/C(C#N)=C\c1ccc(-c2cc(Cl)ccc2Cl)o1. The first-order valence-corrected chi connectivity index (χ1v) is 7.06. The average molecular weight is 335 g/mol. The largest absolute Gasteiger partial charge is 0.457 e. The van der Waals surface area contributed by atoms with Crippen LogP contribution in [0.3, 0.4) is 0 Å². The summed E-state index contributed by atoms with van der Waals surface area (Å²) in [6.45, 7) is 0. The zero-order chi connectivity index (χ0) is 16.3. The molecule has 0 aliphatic carbocycles. The number of furan rings is 1. The lowest BCUT2D eigenvalue weighted by molar-refractivity contribution is -0.124. The summed E-state index contributed by atoms with van der Waals surface area (Å²) in [6, 6.07) is 10.3. The summed E-state index contributed by atoms with van der Waals surface area (Å²) in [5.41, 5.74) is 0.634. The average Bonchev–Trinajstić information content (AvgIpc) is 2.94. The Kier molecular flexibility index (Phi) is 4.92. The lowest BCUT2D eigenvalue weighted by atomic mass is 10.2. The normalized spacial score (nSPS) is 11.1. The number of rotatable bonds is 3. The maximum absolute atomic E-state index is 11.8. The van der Waals surface area contributed by atoms with E-state index in [0.29, 0.717) is 27.1 Å². The third-order valence-corrected chi connectivity index (χ3v) is 3.43. The van der Waals surface area contributed by atoms with Crippen molar-refractivity contribution in [2.24, 2.45) is 0 Å². The second-order valence-electron chi connectivity index (χ2n) is 4.70. The molecular weight excluding hydrogens is 323 g/mol. The van der Waals surface area contributed by atoms with Gasteiger partial charge in [-0.3, -0.25) is 4.79 Å². The number of likely N-dealkylation sites (N-methyl/N-ethyl adjacent to an activating group) is 1. The molecule has 0 spiro atoms. The van der Waals surface area contributed by atoms with Crippen LogP contribution in [0.1, 0.15) is 5.76 Å². The van der Waals surface area contributed by atoms with Crippen LogP contribution in [0.15, 0.2) is 40.3 Å². The minimum Gasteiger partial charge on any atom is -0.457 e. The van der Waals surface area contributed by atoms with Gasteiger partial charge in [-0.25, -0.2) is 0 Å². The van der Waals surface area contributed by atoms with E-state index in [1.807, 2.05) is 6.07 Å². The molecule has 0 radical (unpaired) electrons. The third kappa shape index (κ3) is 3.51. The van der Waals surface area contributed by atoms with Crippen LogP contribution in [0.25, 0.3) is 17.4 Å². The second kappa shape index (κ2) is 6.69. The fraction of sp³-hybridized carbons (Fsp3) is 0.125. The first-order chi connectivity index (χ1) is 10.4. The van der Waals surface area contributed by atoms with E-state index in [0.717, 1.165) is 0 Å². The van der Waals surface area contributed by atoms with Crippen molar-refractivity contribution in [1.29, 1.82) is 5.26 Å². The molecule has 0 saturated heterocycles. The van der Waals surface area contributed by atoms with Crippen LogP contribution in [-0.4, -0.2) is 24.9 Å². The van der Waals surface area contributed by atoms with E-state index in [1.165, 1.54) is 11.0 Å². The van der Waals surface area contributed by atoms with Gasteiger partial charge in [-0.15, -0.1) is 0 Å². The van der Waals surface area contributed by atoms with Gasteiger partial charge < -0.3 is 9.32 Å². The van der Waals surface area contributed by atoms with Gasteiger partial charge in [0.15, 0.2) is 0 Å². The predicted molar refractivity (Wildman–Crippen MR) is 86.4 cm³/mol. The van der Waals surface area contributed by atoms with Crippen LogP contribution in [-0.2, 0) is 4.79 Å². The minimum atomic E-state index is -0.388. The highest BCUT2D eigenvalue weighted by Gasteiger charge is 2.13. The molecule has 4 nitrogen and oxygen atoms in total. The topological polar surface area (TPSA) is 57.2 Å². The predicted octanol–water partition coefficient (Wildman–Crippen LogP) is 4.25. The Morgan fingerprint density at radius 2 is 2.00 bits per heavy atom. The van der Waals surface area contributed by atoms with Crippen molar-refractivity contribution in [2.45, 2.75) is 0 Å². The summed E-state index contributed by atoms with van der Waals surface area (Å²) in [5, 5.41) is 10.1. The number of hydrogen-bond acceptors (Lipinski definition) is 3. The van der Waals surface area contributed by atoms with Crippen molar-refractivity contribution >= 4 is 35.2 Å². The van der Waals surface area contributed by atoms with Gasteiger partial charge >= 0.3 is 0 Å². The van der Waals surface area contributed by atoms with Gasteiger partial charge in [0.25, 0.3) is 5.91 Å². The Labute approximate surface area is 138 Å². The van der Waals surface area contributed by atoms with Gasteiger partial charge in [-0.05, 0) is 30.3 Å². The van der Waals surface area contributed by atoms with Gasteiger partial charge in [0.1, 0.15) is 23.2 Å². The lowest BCUT2D eigenvalue weighted by Gasteiger charge is -2.07. The van der Waals surface area contributed by atoms with Gasteiger partial charge in [-0.2, -0.15) is 5.26 Å². The highest BCUT2D eigenvalue weighted by atomic mass is 35.5. The molecule has 112 valence electrons. The summed E-state index contributed by atoms with van der Waals surface area (Å²) in [5.74, 6) is 0.507. The molecule has 1 heterocycles. The quantitative estimate of drug-likeness (QED) is 0.622. The van der Waals surface area contributed by atoms with Gasteiger partial charge in [0, 0.05) is 30.8 Å². The van der Waals surface area contributed by atoms with Gasteiger partial charge in [0.2, 0.25) is 0 Å². The zero-order valence-corrected chi connectivity index (χ0v) is 13.4. The van der Waals surface area contributed by atoms with E-state index in [4.69, 9.17) is 32.9 Å².